The molecule has 3 nitrogen and oxygen atoms in total. The van der Waals surface area contributed by atoms with Gasteiger partial charge in [0.2, 0.25) is 0 Å². The van der Waals surface area contributed by atoms with Gasteiger partial charge in [0, 0.05) is 22.6 Å². The number of halogens is 2. The van der Waals surface area contributed by atoms with E-state index in [1.807, 2.05) is 22.6 Å². The third-order valence-electron chi connectivity index (χ3n) is 0.902. The first-order chi connectivity index (χ1) is 4.74. The number of nitrogens with zero attached hydrogens (tertiary/aromatic N) is 2. The lowest BCUT2D eigenvalue weighted by Gasteiger charge is -1.97. The lowest BCUT2D eigenvalue weighted by molar-refractivity contribution is 0.373. The van der Waals surface area contributed by atoms with Crippen molar-refractivity contribution >= 4 is 22.6 Å². The molecule has 0 aliphatic carbocycles. The van der Waals surface area contributed by atoms with Crippen molar-refractivity contribution in [1.29, 1.82) is 0 Å². The minimum atomic E-state index is -0.623. The Balaban J connectivity index is 3.07. The molecule has 10 heavy (non-hydrogen) atoms. The molecule has 0 aliphatic heterocycles. The van der Waals surface area contributed by atoms with Crippen molar-refractivity contribution in [3.8, 4) is 5.75 Å². The van der Waals surface area contributed by atoms with Gasteiger partial charge in [-0.15, -0.1) is 0 Å². The summed E-state index contributed by atoms with van der Waals surface area (Å²) in [5.74, 6) is -0.553. The van der Waals surface area contributed by atoms with Gasteiger partial charge in [0.25, 0.3) is 5.95 Å². The summed E-state index contributed by atoms with van der Waals surface area (Å²) in [7, 11) is 1.37. The average Bonchev–Trinajstić information content (AvgIpc) is 1.88. The van der Waals surface area contributed by atoms with E-state index >= 15 is 0 Å². The number of hydrogen-bond acceptors (Lipinski definition) is 3. The molecule has 0 unspecified atom stereocenters. The smallest absolute Gasteiger partial charge is 0.259 e. The molecule has 1 aromatic rings. The molecule has 0 fully saturated rings. The minimum Gasteiger partial charge on any atom is -0.491 e. The molecule has 0 amide bonds. The topological polar surface area (TPSA) is 35.0 Å². The molecule has 1 rings (SSSR count). The number of ether oxygens (including phenoxy) is 1. The maximum absolute atomic E-state index is 12.6. The van der Waals surface area contributed by atoms with Crippen molar-refractivity contribution in [3.63, 3.8) is 0 Å². The van der Waals surface area contributed by atoms with Gasteiger partial charge in [-0.05, 0) is 0 Å². The molecule has 0 atom stereocenters. The van der Waals surface area contributed by atoms with Crippen LogP contribution in [-0.4, -0.2) is 17.1 Å². The molecule has 5 heteroatoms. The van der Waals surface area contributed by atoms with Gasteiger partial charge >= 0.3 is 0 Å². The van der Waals surface area contributed by atoms with Crippen molar-refractivity contribution in [3.05, 3.63) is 16.0 Å². The zero-order chi connectivity index (χ0) is 7.56. The van der Waals surface area contributed by atoms with Crippen molar-refractivity contribution in [2.75, 3.05) is 7.11 Å². The van der Waals surface area contributed by atoms with Gasteiger partial charge in [0.15, 0.2) is 9.58 Å². The maximum atomic E-state index is 12.6. The summed E-state index contributed by atoms with van der Waals surface area (Å²) in [4.78, 5) is 7.15. The molecular weight excluding hydrogens is 250 g/mol. The fourth-order valence-corrected chi connectivity index (χ4v) is 0.818. The monoisotopic (exact) mass is 254 g/mol. The van der Waals surface area contributed by atoms with E-state index in [4.69, 9.17) is 0 Å². The van der Waals surface area contributed by atoms with Crippen LogP contribution in [0.1, 0.15) is 0 Å². The van der Waals surface area contributed by atoms with Gasteiger partial charge in [-0.2, -0.15) is 9.37 Å². The molecule has 1 aromatic heterocycles. The largest absolute Gasteiger partial charge is 0.491 e. The molecule has 1 heterocycles. The van der Waals surface area contributed by atoms with E-state index in [1.54, 1.807) is 0 Å². The molecular formula is C5H4FIN2O. The quantitative estimate of drug-likeness (QED) is 0.429. The van der Waals surface area contributed by atoms with Gasteiger partial charge < -0.3 is 4.74 Å². The Hall–Kier alpha value is -0.460. The summed E-state index contributed by atoms with van der Waals surface area (Å²) < 4.78 is 17.5. The summed E-state index contributed by atoms with van der Waals surface area (Å²) in [6.45, 7) is 0. The van der Waals surface area contributed by atoms with Crippen LogP contribution in [-0.2, 0) is 0 Å². The van der Waals surface area contributed by atoms with E-state index in [9.17, 15) is 4.39 Å². The first kappa shape index (κ1) is 7.64. The summed E-state index contributed by atoms with van der Waals surface area (Å²) in [6.07, 6.45) is 1.30. The molecule has 0 aromatic carbocycles. The van der Waals surface area contributed by atoms with Crippen LogP contribution in [0, 0.1) is 9.78 Å². The molecule has 0 aliphatic rings. The molecule has 0 saturated carbocycles. The number of aromatic nitrogens is 2. The molecule has 0 N–H and O–H groups in total. The van der Waals surface area contributed by atoms with Crippen molar-refractivity contribution in [2.45, 2.75) is 0 Å². The highest BCUT2D eigenvalue weighted by atomic mass is 127. The minimum absolute atomic E-state index is 0.0698. The number of methoxy groups -OCH3 is 1. The molecule has 0 spiro atoms. The Morgan fingerprint density at radius 2 is 2.40 bits per heavy atom. The summed E-state index contributed by atoms with van der Waals surface area (Å²) in [5.41, 5.74) is 0. The van der Waals surface area contributed by atoms with E-state index in [1.165, 1.54) is 13.3 Å². The van der Waals surface area contributed by atoms with E-state index in [-0.39, 0.29) is 5.75 Å². The summed E-state index contributed by atoms with van der Waals surface area (Å²) in [5, 5.41) is 0. The third-order valence-corrected chi connectivity index (χ3v) is 1.42. The highest BCUT2D eigenvalue weighted by Crippen LogP contribution is 2.11. The molecule has 0 saturated heterocycles. The van der Waals surface area contributed by atoms with Crippen molar-refractivity contribution in [2.24, 2.45) is 0 Å². The van der Waals surface area contributed by atoms with Gasteiger partial charge in [0.05, 0.1) is 13.3 Å². The van der Waals surface area contributed by atoms with Crippen LogP contribution in [0.15, 0.2) is 6.20 Å². The first-order valence-electron chi connectivity index (χ1n) is 2.46. The van der Waals surface area contributed by atoms with Gasteiger partial charge in [-0.3, -0.25) is 0 Å². The zero-order valence-electron chi connectivity index (χ0n) is 5.14. The predicted molar refractivity (Wildman–Crippen MR) is 41.3 cm³/mol. The Labute approximate surface area is 70.8 Å². The van der Waals surface area contributed by atoms with Crippen molar-refractivity contribution < 1.29 is 9.13 Å². The SMILES string of the molecule is COc1cnc(I)nc1F. The summed E-state index contributed by atoms with van der Waals surface area (Å²) >= 11 is 1.82. The van der Waals surface area contributed by atoms with Crippen LogP contribution in [0.5, 0.6) is 5.75 Å². The second kappa shape index (κ2) is 3.09. The fraction of sp³-hybridized carbons (Fsp3) is 0.200. The zero-order valence-corrected chi connectivity index (χ0v) is 7.29. The van der Waals surface area contributed by atoms with Crippen LogP contribution in [0.3, 0.4) is 0 Å². The number of hydrogen-bond donors (Lipinski definition) is 0. The lowest BCUT2D eigenvalue weighted by Crippen LogP contribution is -1.95. The highest BCUT2D eigenvalue weighted by molar-refractivity contribution is 14.1. The van der Waals surface area contributed by atoms with E-state index in [0.717, 1.165) is 0 Å². The molecule has 0 radical (unpaired) electrons. The van der Waals surface area contributed by atoms with Crippen LogP contribution < -0.4 is 4.74 Å². The lowest BCUT2D eigenvalue weighted by atomic mass is 10.6. The third kappa shape index (κ3) is 1.53. The van der Waals surface area contributed by atoms with Gasteiger partial charge in [-0.25, -0.2) is 4.98 Å². The van der Waals surface area contributed by atoms with Crippen LogP contribution >= 0.6 is 22.6 Å². The maximum Gasteiger partial charge on any atom is 0.259 e. The first-order valence-corrected chi connectivity index (χ1v) is 3.54. The predicted octanol–water partition coefficient (Wildman–Crippen LogP) is 1.23. The Bertz CT molecular complexity index is 243. The van der Waals surface area contributed by atoms with E-state index < -0.39 is 5.95 Å². The van der Waals surface area contributed by atoms with Gasteiger partial charge in [-0.1, -0.05) is 0 Å². The van der Waals surface area contributed by atoms with Crippen LogP contribution in [0.2, 0.25) is 0 Å². The molecule has 54 valence electrons. The molecule has 0 bridgehead atoms. The Morgan fingerprint density at radius 3 is 2.90 bits per heavy atom. The standard InChI is InChI=1S/C5H4FIN2O/c1-10-3-2-8-5(7)9-4(3)6/h2H,1H3. The van der Waals surface area contributed by atoms with Crippen LogP contribution in [0.25, 0.3) is 0 Å². The second-order valence-corrected chi connectivity index (χ2v) is 2.46. The second-order valence-electron chi connectivity index (χ2n) is 1.50. The summed E-state index contributed by atoms with van der Waals surface area (Å²) in [6, 6.07) is 0. The van der Waals surface area contributed by atoms with Crippen molar-refractivity contribution in [1.82, 2.24) is 9.97 Å². The number of rotatable bonds is 1. The van der Waals surface area contributed by atoms with Crippen LogP contribution in [0.4, 0.5) is 4.39 Å². The van der Waals surface area contributed by atoms with Gasteiger partial charge in [0.1, 0.15) is 0 Å². The Kier molecular flexibility index (Phi) is 2.36. The highest BCUT2D eigenvalue weighted by Gasteiger charge is 2.03. The fourth-order valence-electron chi connectivity index (χ4n) is 0.467. The van der Waals surface area contributed by atoms with E-state index in [2.05, 4.69) is 14.7 Å². The Morgan fingerprint density at radius 1 is 1.70 bits per heavy atom. The normalized spacial score (nSPS) is 9.50. The average molecular weight is 254 g/mol. The van der Waals surface area contributed by atoms with E-state index in [0.29, 0.717) is 3.83 Å².